The second-order valence-electron chi connectivity index (χ2n) is 2.79. The van der Waals surface area contributed by atoms with Gasteiger partial charge < -0.3 is 13.3 Å². The lowest BCUT2D eigenvalue weighted by Crippen LogP contribution is -2.43. The first-order valence-electron chi connectivity index (χ1n) is 4.40. The first kappa shape index (κ1) is 14.2. The number of hydrogen-bond acceptors (Lipinski definition) is 5. The first-order chi connectivity index (χ1) is 7.05. The highest BCUT2D eigenvalue weighted by atomic mass is 28.4. The van der Waals surface area contributed by atoms with Gasteiger partial charge in [0, 0.05) is 33.8 Å². The SMILES string of the molecule is C=CC(=O)C(=O)CC[Si](OC)(OC)OC. The molecule has 5 nitrogen and oxygen atoms in total. The monoisotopic (exact) mass is 232 g/mol. The third-order valence-corrected chi connectivity index (χ3v) is 4.78. The van der Waals surface area contributed by atoms with Gasteiger partial charge in [0.05, 0.1) is 0 Å². The highest BCUT2D eigenvalue weighted by molar-refractivity contribution is 6.61. The number of carbonyl (C=O) groups excluding carboxylic acids is 2. The Morgan fingerprint density at radius 2 is 1.67 bits per heavy atom. The molecule has 0 aliphatic heterocycles. The largest absolute Gasteiger partial charge is 0.500 e. The maximum atomic E-state index is 11.2. The molecule has 0 aliphatic carbocycles. The molecule has 15 heavy (non-hydrogen) atoms. The Morgan fingerprint density at radius 1 is 1.20 bits per heavy atom. The zero-order chi connectivity index (χ0) is 11.9. The molecule has 86 valence electrons. The summed E-state index contributed by atoms with van der Waals surface area (Å²) in [6.45, 7) is 3.23. The van der Waals surface area contributed by atoms with Crippen LogP contribution in [-0.4, -0.2) is 41.7 Å². The van der Waals surface area contributed by atoms with Crippen LogP contribution in [0.3, 0.4) is 0 Å². The van der Waals surface area contributed by atoms with Crippen molar-refractivity contribution in [2.75, 3.05) is 21.3 Å². The Bertz CT molecular complexity index is 239. The highest BCUT2D eigenvalue weighted by Gasteiger charge is 2.38. The van der Waals surface area contributed by atoms with Crippen molar-refractivity contribution >= 4 is 20.4 Å². The molecule has 0 saturated carbocycles. The average molecular weight is 232 g/mol. The van der Waals surface area contributed by atoms with Crippen LogP contribution in [0, 0.1) is 0 Å². The predicted molar refractivity (Wildman–Crippen MR) is 56.4 cm³/mol. The van der Waals surface area contributed by atoms with Gasteiger partial charge in [-0.25, -0.2) is 0 Å². The lowest BCUT2D eigenvalue weighted by molar-refractivity contribution is -0.133. The second kappa shape index (κ2) is 6.62. The number of carbonyl (C=O) groups is 2. The van der Waals surface area contributed by atoms with Gasteiger partial charge in [0.25, 0.3) is 0 Å². The fraction of sp³-hybridized carbons (Fsp3) is 0.556. The van der Waals surface area contributed by atoms with Gasteiger partial charge in [-0.15, -0.1) is 0 Å². The quantitative estimate of drug-likeness (QED) is 0.348. The van der Waals surface area contributed by atoms with Crippen molar-refractivity contribution in [2.45, 2.75) is 12.5 Å². The van der Waals surface area contributed by atoms with Crippen molar-refractivity contribution < 1.29 is 22.9 Å². The summed E-state index contributed by atoms with van der Waals surface area (Å²) in [6.07, 6.45) is 1.05. The molecule has 0 amide bonds. The van der Waals surface area contributed by atoms with Crippen molar-refractivity contribution in [1.82, 2.24) is 0 Å². The van der Waals surface area contributed by atoms with E-state index in [4.69, 9.17) is 13.3 Å². The van der Waals surface area contributed by atoms with Crippen LogP contribution in [0.1, 0.15) is 6.42 Å². The van der Waals surface area contributed by atoms with E-state index in [-0.39, 0.29) is 12.5 Å². The number of Topliss-reactive ketones (excluding diaryl/α,β-unsaturated/α-hetero) is 1. The summed E-state index contributed by atoms with van der Waals surface area (Å²) in [5.74, 6) is -1.10. The topological polar surface area (TPSA) is 61.8 Å². The fourth-order valence-corrected chi connectivity index (χ4v) is 2.71. The Labute approximate surface area is 90.4 Å². The van der Waals surface area contributed by atoms with Crippen LogP contribution in [0.25, 0.3) is 0 Å². The maximum Gasteiger partial charge on any atom is 0.500 e. The van der Waals surface area contributed by atoms with E-state index in [0.29, 0.717) is 0 Å². The molecule has 0 rings (SSSR count). The lowest BCUT2D eigenvalue weighted by atomic mass is 10.2. The Balaban J connectivity index is 4.28. The van der Waals surface area contributed by atoms with Gasteiger partial charge in [-0.05, 0) is 6.08 Å². The average Bonchev–Trinajstić information content (AvgIpc) is 2.30. The smallest absolute Gasteiger partial charge is 0.377 e. The van der Waals surface area contributed by atoms with E-state index >= 15 is 0 Å². The summed E-state index contributed by atoms with van der Waals surface area (Å²) in [7, 11) is 1.63. The summed E-state index contributed by atoms with van der Waals surface area (Å²) in [4.78, 5) is 22.1. The lowest BCUT2D eigenvalue weighted by Gasteiger charge is -2.23. The molecule has 0 saturated heterocycles. The van der Waals surface area contributed by atoms with Crippen LogP contribution in [0.5, 0.6) is 0 Å². The third kappa shape index (κ3) is 4.04. The van der Waals surface area contributed by atoms with E-state index in [2.05, 4.69) is 6.58 Å². The van der Waals surface area contributed by atoms with E-state index in [1.165, 1.54) is 21.3 Å². The zero-order valence-electron chi connectivity index (χ0n) is 9.24. The number of hydrogen-bond donors (Lipinski definition) is 0. The molecule has 0 N–H and O–H groups in total. The molecular formula is C9H16O5Si. The summed E-state index contributed by atoms with van der Waals surface area (Å²) < 4.78 is 15.3. The van der Waals surface area contributed by atoms with E-state index in [1.807, 2.05) is 0 Å². The van der Waals surface area contributed by atoms with Gasteiger partial charge >= 0.3 is 8.80 Å². The first-order valence-corrected chi connectivity index (χ1v) is 6.33. The minimum Gasteiger partial charge on any atom is -0.377 e. The van der Waals surface area contributed by atoms with Crippen LogP contribution < -0.4 is 0 Å². The third-order valence-electron chi connectivity index (χ3n) is 2.05. The van der Waals surface area contributed by atoms with E-state index in [1.54, 1.807) is 0 Å². The molecule has 0 heterocycles. The Hall–Kier alpha value is -0.823. The molecule has 0 aromatic heterocycles. The molecule has 0 spiro atoms. The molecule has 0 radical (unpaired) electrons. The van der Waals surface area contributed by atoms with Crippen LogP contribution in [0.2, 0.25) is 6.04 Å². The van der Waals surface area contributed by atoms with Crippen molar-refractivity contribution in [1.29, 1.82) is 0 Å². The zero-order valence-corrected chi connectivity index (χ0v) is 10.2. The second-order valence-corrected chi connectivity index (χ2v) is 5.88. The molecule has 0 fully saturated rings. The Kier molecular flexibility index (Phi) is 6.26. The summed E-state index contributed by atoms with van der Waals surface area (Å²) in [5.41, 5.74) is 0. The van der Waals surface area contributed by atoms with Crippen molar-refractivity contribution in [2.24, 2.45) is 0 Å². The van der Waals surface area contributed by atoms with Gasteiger partial charge in [-0.2, -0.15) is 0 Å². The van der Waals surface area contributed by atoms with Gasteiger partial charge in [0.2, 0.25) is 11.6 Å². The summed E-state index contributed by atoms with van der Waals surface area (Å²) >= 11 is 0. The number of allylic oxidation sites excluding steroid dienone is 1. The predicted octanol–water partition coefficient (Wildman–Crippen LogP) is 0.579. The van der Waals surface area contributed by atoms with Gasteiger partial charge in [0.1, 0.15) is 0 Å². The number of ketones is 2. The molecule has 0 aromatic rings. The minimum absolute atomic E-state index is 0.0482. The van der Waals surface area contributed by atoms with Gasteiger partial charge in [0.15, 0.2) is 0 Å². The van der Waals surface area contributed by atoms with Crippen LogP contribution in [0.15, 0.2) is 12.7 Å². The minimum atomic E-state index is -2.75. The summed E-state index contributed by atoms with van der Waals surface area (Å²) in [6, 6.07) is 0.287. The number of rotatable bonds is 8. The summed E-state index contributed by atoms with van der Waals surface area (Å²) in [5, 5.41) is 0. The van der Waals surface area contributed by atoms with Gasteiger partial charge in [-0.3, -0.25) is 9.59 Å². The highest BCUT2D eigenvalue weighted by Crippen LogP contribution is 2.15. The molecule has 0 aliphatic rings. The van der Waals surface area contributed by atoms with Crippen molar-refractivity contribution in [3.05, 3.63) is 12.7 Å². The van der Waals surface area contributed by atoms with Crippen LogP contribution in [0.4, 0.5) is 0 Å². The van der Waals surface area contributed by atoms with Crippen LogP contribution in [-0.2, 0) is 22.9 Å². The van der Waals surface area contributed by atoms with Crippen molar-refractivity contribution in [3.8, 4) is 0 Å². The molecule has 0 unspecified atom stereocenters. The molecular weight excluding hydrogens is 216 g/mol. The van der Waals surface area contributed by atoms with E-state index < -0.39 is 20.4 Å². The maximum absolute atomic E-state index is 11.2. The van der Waals surface area contributed by atoms with Crippen LogP contribution >= 0.6 is 0 Å². The molecule has 0 atom stereocenters. The fourth-order valence-electron chi connectivity index (χ4n) is 1.06. The normalized spacial score (nSPS) is 11.1. The van der Waals surface area contributed by atoms with Gasteiger partial charge in [-0.1, -0.05) is 6.58 Å². The van der Waals surface area contributed by atoms with Crippen molar-refractivity contribution in [3.63, 3.8) is 0 Å². The molecule has 0 aromatic carbocycles. The molecule has 6 heteroatoms. The molecule has 0 bridgehead atoms. The Morgan fingerprint density at radius 3 is 2.00 bits per heavy atom. The van der Waals surface area contributed by atoms with E-state index in [9.17, 15) is 9.59 Å². The standard InChI is InChI=1S/C9H16O5Si/c1-5-8(10)9(11)6-7-15(12-2,13-3)14-4/h5H,1,6-7H2,2-4H3. The van der Waals surface area contributed by atoms with E-state index in [0.717, 1.165) is 6.08 Å².